The van der Waals surface area contributed by atoms with Gasteiger partial charge in [-0.1, -0.05) is 6.07 Å². The number of aryl methyl sites for hydroxylation is 2. The first kappa shape index (κ1) is 19.3. The Hall–Kier alpha value is -3.00. The summed E-state index contributed by atoms with van der Waals surface area (Å²) in [5.74, 6) is -0.103. The lowest BCUT2D eigenvalue weighted by Gasteiger charge is -2.14. The Morgan fingerprint density at radius 1 is 1.28 bits per heavy atom. The molecular formula is C21H24N6OS. The van der Waals surface area contributed by atoms with Crippen molar-refractivity contribution in [2.75, 3.05) is 0 Å². The van der Waals surface area contributed by atoms with Crippen LogP contribution in [-0.2, 0) is 17.9 Å². The van der Waals surface area contributed by atoms with E-state index in [0.29, 0.717) is 0 Å². The fourth-order valence-corrected chi connectivity index (χ4v) is 4.49. The molecule has 4 aromatic rings. The van der Waals surface area contributed by atoms with Gasteiger partial charge in [-0.25, -0.2) is 9.67 Å². The van der Waals surface area contributed by atoms with Crippen LogP contribution in [0.25, 0.3) is 21.5 Å². The second kappa shape index (κ2) is 7.79. The number of amides is 1. The largest absolute Gasteiger partial charge is 0.348 e. The minimum Gasteiger partial charge on any atom is -0.348 e. The highest BCUT2D eigenvalue weighted by Crippen LogP contribution is 2.32. The van der Waals surface area contributed by atoms with Gasteiger partial charge in [-0.05, 0) is 45.2 Å². The number of hydrogen-bond acceptors (Lipinski definition) is 5. The zero-order valence-electron chi connectivity index (χ0n) is 17.0. The topological polar surface area (TPSA) is 77.6 Å². The molecule has 4 aromatic heterocycles. The van der Waals surface area contributed by atoms with E-state index in [-0.39, 0.29) is 18.5 Å². The maximum atomic E-state index is 12.7. The van der Waals surface area contributed by atoms with Crippen molar-refractivity contribution in [1.82, 2.24) is 29.9 Å². The van der Waals surface area contributed by atoms with Crippen LogP contribution in [0.4, 0.5) is 0 Å². The minimum atomic E-state index is -0.125. The molecule has 1 amide bonds. The molecule has 0 fully saturated rings. The number of carbonyl (C=O) groups is 1. The van der Waals surface area contributed by atoms with Gasteiger partial charge in [0.05, 0.1) is 23.3 Å². The first-order valence-corrected chi connectivity index (χ1v) is 10.5. The molecule has 0 spiro atoms. The Morgan fingerprint density at radius 2 is 2.10 bits per heavy atom. The Balaban J connectivity index is 1.57. The molecule has 29 heavy (non-hydrogen) atoms. The standard InChI is InChI=1S/C21H24N6OS/c1-5-26-15(4)17(11-23-26)13(2)24-19(28)12-27-21-20(14(3)25-27)16(8-9-22-21)18-7-6-10-29-18/h6-11,13H,5,12H2,1-4H3,(H,24,28). The summed E-state index contributed by atoms with van der Waals surface area (Å²) in [4.78, 5) is 18.4. The molecule has 150 valence electrons. The summed E-state index contributed by atoms with van der Waals surface area (Å²) >= 11 is 1.68. The van der Waals surface area contributed by atoms with Gasteiger partial charge < -0.3 is 5.32 Å². The molecule has 8 heteroatoms. The van der Waals surface area contributed by atoms with Crippen LogP contribution in [0.3, 0.4) is 0 Å². The van der Waals surface area contributed by atoms with Crippen LogP contribution < -0.4 is 5.32 Å². The summed E-state index contributed by atoms with van der Waals surface area (Å²) in [7, 11) is 0. The van der Waals surface area contributed by atoms with Crippen molar-refractivity contribution >= 4 is 28.3 Å². The Bertz CT molecular complexity index is 1160. The predicted molar refractivity (Wildman–Crippen MR) is 115 cm³/mol. The number of rotatable bonds is 6. The first-order valence-electron chi connectivity index (χ1n) is 9.67. The van der Waals surface area contributed by atoms with E-state index in [1.54, 1.807) is 22.2 Å². The number of aromatic nitrogens is 5. The number of hydrogen-bond donors (Lipinski definition) is 1. The normalized spacial score (nSPS) is 12.4. The van der Waals surface area contributed by atoms with E-state index in [1.807, 2.05) is 43.8 Å². The first-order chi connectivity index (χ1) is 14.0. The van der Waals surface area contributed by atoms with E-state index in [0.717, 1.165) is 40.1 Å². The van der Waals surface area contributed by atoms with Crippen molar-refractivity contribution in [3.05, 3.63) is 52.9 Å². The van der Waals surface area contributed by atoms with Crippen molar-refractivity contribution in [1.29, 1.82) is 0 Å². The molecule has 0 bridgehead atoms. The number of pyridine rings is 1. The van der Waals surface area contributed by atoms with E-state index in [1.165, 1.54) is 4.88 Å². The third-order valence-corrected chi connectivity index (χ3v) is 6.08. The zero-order valence-corrected chi connectivity index (χ0v) is 17.8. The number of thiophene rings is 1. The lowest BCUT2D eigenvalue weighted by Crippen LogP contribution is -2.30. The molecule has 0 saturated carbocycles. The number of nitrogens with zero attached hydrogens (tertiary/aromatic N) is 5. The van der Waals surface area contributed by atoms with Crippen LogP contribution in [-0.4, -0.2) is 30.5 Å². The number of carbonyl (C=O) groups excluding carboxylic acids is 1. The summed E-state index contributed by atoms with van der Waals surface area (Å²) in [5.41, 5.74) is 4.80. The Labute approximate surface area is 173 Å². The lowest BCUT2D eigenvalue weighted by molar-refractivity contribution is -0.122. The van der Waals surface area contributed by atoms with E-state index in [9.17, 15) is 4.79 Å². The smallest absolute Gasteiger partial charge is 0.242 e. The summed E-state index contributed by atoms with van der Waals surface area (Å²) in [6.45, 7) is 8.94. The van der Waals surface area contributed by atoms with Crippen molar-refractivity contribution in [3.8, 4) is 10.4 Å². The van der Waals surface area contributed by atoms with Gasteiger partial charge in [0.15, 0.2) is 5.65 Å². The molecule has 4 heterocycles. The quantitative estimate of drug-likeness (QED) is 0.525. The molecule has 1 atom stereocenters. The maximum absolute atomic E-state index is 12.7. The fourth-order valence-electron chi connectivity index (χ4n) is 3.73. The van der Waals surface area contributed by atoms with Gasteiger partial charge in [0, 0.05) is 34.4 Å². The molecule has 0 aliphatic carbocycles. The summed E-state index contributed by atoms with van der Waals surface area (Å²) in [6.07, 6.45) is 3.60. The molecule has 1 unspecified atom stereocenters. The molecular weight excluding hydrogens is 384 g/mol. The van der Waals surface area contributed by atoms with Gasteiger partial charge in [-0.3, -0.25) is 9.48 Å². The van der Waals surface area contributed by atoms with Gasteiger partial charge in [0.1, 0.15) is 6.54 Å². The van der Waals surface area contributed by atoms with Crippen LogP contribution in [0.2, 0.25) is 0 Å². The lowest BCUT2D eigenvalue weighted by atomic mass is 10.1. The monoisotopic (exact) mass is 408 g/mol. The fraction of sp³-hybridized carbons (Fsp3) is 0.333. The van der Waals surface area contributed by atoms with Crippen molar-refractivity contribution in [2.45, 2.75) is 46.8 Å². The van der Waals surface area contributed by atoms with E-state index in [4.69, 9.17) is 0 Å². The minimum absolute atomic E-state index is 0.103. The maximum Gasteiger partial charge on any atom is 0.242 e. The van der Waals surface area contributed by atoms with Crippen molar-refractivity contribution in [2.24, 2.45) is 0 Å². The number of fused-ring (bicyclic) bond motifs is 1. The van der Waals surface area contributed by atoms with E-state index in [2.05, 4.69) is 38.9 Å². The molecule has 0 radical (unpaired) electrons. The third-order valence-electron chi connectivity index (χ3n) is 5.17. The van der Waals surface area contributed by atoms with Crippen molar-refractivity contribution in [3.63, 3.8) is 0 Å². The summed E-state index contributed by atoms with van der Waals surface area (Å²) < 4.78 is 3.62. The molecule has 0 aromatic carbocycles. The second-order valence-corrected chi connectivity index (χ2v) is 8.02. The van der Waals surface area contributed by atoms with Crippen LogP contribution in [0.5, 0.6) is 0 Å². The van der Waals surface area contributed by atoms with Crippen LogP contribution in [0, 0.1) is 13.8 Å². The van der Waals surface area contributed by atoms with E-state index >= 15 is 0 Å². The second-order valence-electron chi connectivity index (χ2n) is 7.07. The van der Waals surface area contributed by atoms with Crippen LogP contribution in [0.15, 0.2) is 36.0 Å². The van der Waals surface area contributed by atoms with Gasteiger partial charge in [0.25, 0.3) is 0 Å². The van der Waals surface area contributed by atoms with Gasteiger partial charge in [-0.2, -0.15) is 10.2 Å². The predicted octanol–water partition coefficient (Wildman–Crippen LogP) is 3.87. The summed E-state index contributed by atoms with van der Waals surface area (Å²) in [6, 6.07) is 6.00. The highest BCUT2D eigenvalue weighted by molar-refractivity contribution is 7.13. The van der Waals surface area contributed by atoms with Gasteiger partial charge in [0.2, 0.25) is 5.91 Å². The van der Waals surface area contributed by atoms with Crippen LogP contribution >= 0.6 is 11.3 Å². The van der Waals surface area contributed by atoms with E-state index < -0.39 is 0 Å². The molecule has 0 aliphatic heterocycles. The Kier molecular flexibility index (Phi) is 5.19. The Morgan fingerprint density at radius 3 is 2.79 bits per heavy atom. The molecule has 0 saturated heterocycles. The molecule has 1 N–H and O–H groups in total. The molecule has 7 nitrogen and oxygen atoms in total. The highest BCUT2D eigenvalue weighted by atomic mass is 32.1. The van der Waals surface area contributed by atoms with Gasteiger partial charge >= 0.3 is 0 Å². The number of nitrogens with one attached hydrogen (secondary N) is 1. The molecule has 4 rings (SSSR count). The van der Waals surface area contributed by atoms with Gasteiger partial charge in [-0.15, -0.1) is 11.3 Å². The zero-order chi connectivity index (χ0) is 20.5. The highest BCUT2D eigenvalue weighted by Gasteiger charge is 2.19. The average Bonchev–Trinajstić information content (AvgIpc) is 3.42. The SMILES string of the molecule is CCn1ncc(C(C)NC(=O)Cn2nc(C)c3c(-c4cccs4)ccnc32)c1C. The summed E-state index contributed by atoms with van der Waals surface area (Å²) in [5, 5.41) is 15.1. The third kappa shape index (κ3) is 3.55. The molecule has 0 aliphatic rings. The van der Waals surface area contributed by atoms with Crippen molar-refractivity contribution < 1.29 is 4.79 Å². The van der Waals surface area contributed by atoms with Crippen LogP contribution in [0.1, 0.15) is 36.8 Å². The average molecular weight is 409 g/mol.